The van der Waals surface area contributed by atoms with Crippen LogP contribution in [0.3, 0.4) is 0 Å². The summed E-state index contributed by atoms with van der Waals surface area (Å²) in [7, 11) is 0. The number of fused-ring (bicyclic) bond motifs is 1. The molecule has 17 heavy (non-hydrogen) atoms. The Morgan fingerprint density at radius 3 is 2.94 bits per heavy atom. The molecular weight excluding hydrogens is 216 g/mol. The molecule has 4 N–H and O–H groups in total. The van der Waals surface area contributed by atoms with Crippen LogP contribution in [0, 0.1) is 0 Å². The fourth-order valence-electron chi connectivity index (χ4n) is 1.66. The number of hydrogen-bond acceptors (Lipinski definition) is 5. The molecule has 0 spiro atoms. The Balaban J connectivity index is 2.42. The lowest BCUT2D eigenvalue weighted by Gasteiger charge is -2.15. The van der Waals surface area contributed by atoms with Crippen LogP contribution >= 0.6 is 0 Å². The van der Waals surface area contributed by atoms with E-state index in [-0.39, 0.29) is 12.6 Å². The molecule has 0 aliphatic carbocycles. The van der Waals surface area contributed by atoms with Crippen LogP contribution in [0.1, 0.15) is 13.3 Å². The number of nitrogens with one attached hydrogen (secondary N) is 1. The van der Waals surface area contributed by atoms with Gasteiger partial charge < -0.3 is 16.2 Å². The van der Waals surface area contributed by atoms with Gasteiger partial charge in [0.15, 0.2) is 0 Å². The number of hydrogen-bond donors (Lipinski definition) is 3. The van der Waals surface area contributed by atoms with E-state index in [0.717, 1.165) is 17.3 Å². The van der Waals surface area contributed by atoms with E-state index in [2.05, 4.69) is 15.3 Å². The van der Waals surface area contributed by atoms with Gasteiger partial charge in [0, 0.05) is 11.1 Å². The molecule has 2 aromatic rings. The van der Waals surface area contributed by atoms with E-state index in [1.165, 1.54) is 6.33 Å². The van der Waals surface area contributed by atoms with Gasteiger partial charge in [-0.1, -0.05) is 6.92 Å². The quantitative estimate of drug-likeness (QED) is 0.694. The molecule has 2 rings (SSSR count). The second-order valence-electron chi connectivity index (χ2n) is 3.93. The topological polar surface area (TPSA) is 84.1 Å². The van der Waals surface area contributed by atoms with Gasteiger partial charge in [0.25, 0.3) is 0 Å². The van der Waals surface area contributed by atoms with Gasteiger partial charge in [-0.15, -0.1) is 0 Å². The van der Waals surface area contributed by atoms with Crippen molar-refractivity contribution in [1.29, 1.82) is 0 Å². The lowest BCUT2D eigenvalue weighted by molar-refractivity contribution is 0.271. The summed E-state index contributed by atoms with van der Waals surface area (Å²) < 4.78 is 0. The first kappa shape index (κ1) is 11.6. The number of anilines is 2. The molecule has 1 aromatic carbocycles. The normalized spacial score (nSPS) is 12.6. The van der Waals surface area contributed by atoms with Gasteiger partial charge in [0.05, 0.1) is 18.2 Å². The van der Waals surface area contributed by atoms with Crippen LogP contribution < -0.4 is 11.1 Å². The third-order valence-electron chi connectivity index (χ3n) is 2.71. The average molecular weight is 232 g/mol. The zero-order valence-electron chi connectivity index (χ0n) is 9.72. The predicted molar refractivity (Wildman–Crippen MR) is 68.7 cm³/mol. The molecule has 1 unspecified atom stereocenters. The fraction of sp³-hybridized carbons (Fsp3) is 0.333. The molecule has 1 heterocycles. The Hall–Kier alpha value is -1.88. The van der Waals surface area contributed by atoms with Crippen molar-refractivity contribution in [3.63, 3.8) is 0 Å². The van der Waals surface area contributed by atoms with Crippen LogP contribution in [0.25, 0.3) is 10.9 Å². The molecule has 5 heteroatoms. The second kappa shape index (κ2) is 4.97. The van der Waals surface area contributed by atoms with Gasteiger partial charge in [-0.3, -0.25) is 0 Å². The van der Waals surface area contributed by atoms with Gasteiger partial charge in [0.2, 0.25) is 0 Å². The Labute approximate surface area is 99.7 Å². The molecule has 1 atom stereocenters. The van der Waals surface area contributed by atoms with Gasteiger partial charge in [-0.25, -0.2) is 9.97 Å². The van der Waals surface area contributed by atoms with E-state index in [9.17, 15) is 5.11 Å². The molecule has 1 aromatic heterocycles. The fourth-order valence-corrected chi connectivity index (χ4v) is 1.66. The molecule has 0 amide bonds. The van der Waals surface area contributed by atoms with Crippen molar-refractivity contribution in [2.75, 3.05) is 17.7 Å². The third kappa shape index (κ3) is 2.45. The summed E-state index contributed by atoms with van der Waals surface area (Å²) >= 11 is 0. The summed E-state index contributed by atoms with van der Waals surface area (Å²) in [6.07, 6.45) is 2.33. The highest BCUT2D eigenvalue weighted by Crippen LogP contribution is 2.22. The Kier molecular flexibility index (Phi) is 3.39. The number of benzene rings is 1. The standard InChI is InChI=1S/C12H16N4O/c1-2-9(6-17)16-12-10-5-8(13)3-4-11(10)14-7-15-12/h3-5,7,9,17H,2,6,13H2,1H3,(H,14,15,16). The lowest BCUT2D eigenvalue weighted by Crippen LogP contribution is -2.23. The number of nitrogens with zero attached hydrogens (tertiary/aromatic N) is 2. The summed E-state index contributed by atoms with van der Waals surface area (Å²) in [5.74, 6) is 0.711. The number of rotatable bonds is 4. The van der Waals surface area contributed by atoms with E-state index < -0.39 is 0 Å². The summed E-state index contributed by atoms with van der Waals surface area (Å²) in [4.78, 5) is 8.37. The second-order valence-corrected chi connectivity index (χ2v) is 3.93. The zero-order chi connectivity index (χ0) is 12.3. The molecule has 0 fully saturated rings. The Bertz CT molecular complexity index is 511. The van der Waals surface area contributed by atoms with Crippen molar-refractivity contribution in [3.8, 4) is 0 Å². The molecule has 0 saturated heterocycles. The number of aliphatic hydroxyl groups excluding tert-OH is 1. The zero-order valence-corrected chi connectivity index (χ0v) is 9.72. The molecule has 0 aliphatic rings. The summed E-state index contributed by atoms with van der Waals surface area (Å²) in [6.45, 7) is 2.08. The van der Waals surface area contributed by atoms with Crippen LogP contribution in [0.2, 0.25) is 0 Å². The maximum Gasteiger partial charge on any atom is 0.137 e. The van der Waals surface area contributed by atoms with Crippen LogP contribution in [-0.2, 0) is 0 Å². The number of nitrogens with two attached hydrogens (primary N) is 1. The minimum atomic E-state index is -0.00506. The van der Waals surface area contributed by atoms with Gasteiger partial charge in [0.1, 0.15) is 12.1 Å². The van der Waals surface area contributed by atoms with Crippen molar-refractivity contribution in [3.05, 3.63) is 24.5 Å². The first-order valence-corrected chi connectivity index (χ1v) is 5.62. The largest absolute Gasteiger partial charge is 0.399 e. The Morgan fingerprint density at radius 1 is 1.41 bits per heavy atom. The number of aliphatic hydroxyl groups is 1. The summed E-state index contributed by atoms with van der Waals surface area (Å²) in [5.41, 5.74) is 7.27. The molecule has 0 aliphatic heterocycles. The van der Waals surface area contributed by atoms with Crippen molar-refractivity contribution >= 4 is 22.4 Å². The molecule has 0 saturated carbocycles. The molecule has 0 bridgehead atoms. The minimum Gasteiger partial charge on any atom is -0.399 e. The van der Waals surface area contributed by atoms with Crippen molar-refractivity contribution in [2.45, 2.75) is 19.4 Å². The molecule has 90 valence electrons. The van der Waals surface area contributed by atoms with Crippen molar-refractivity contribution < 1.29 is 5.11 Å². The first-order valence-electron chi connectivity index (χ1n) is 5.62. The highest BCUT2D eigenvalue weighted by Gasteiger charge is 2.08. The van der Waals surface area contributed by atoms with Crippen LogP contribution in [-0.4, -0.2) is 27.7 Å². The first-order chi connectivity index (χ1) is 8.24. The maximum absolute atomic E-state index is 9.18. The van der Waals surface area contributed by atoms with E-state index in [1.54, 1.807) is 0 Å². The smallest absolute Gasteiger partial charge is 0.137 e. The van der Waals surface area contributed by atoms with Gasteiger partial charge in [-0.2, -0.15) is 0 Å². The Morgan fingerprint density at radius 2 is 2.24 bits per heavy atom. The number of nitrogen functional groups attached to an aromatic ring is 1. The van der Waals surface area contributed by atoms with E-state index in [0.29, 0.717) is 11.5 Å². The van der Waals surface area contributed by atoms with Crippen LogP contribution in [0.4, 0.5) is 11.5 Å². The van der Waals surface area contributed by atoms with Crippen LogP contribution in [0.15, 0.2) is 24.5 Å². The molecule has 0 radical (unpaired) electrons. The van der Waals surface area contributed by atoms with E-state index in [4.69, 9.17) is 5.73 Å². The van der Waals surface area contributed by atoms with Crippen molar-refractivity contribution in [2.24, 2.45) is 0 Å². The number of aromatic nitrogens is 2. The summed E-state index contributed by atoms with van der Waals surface area (Å²) in [5, 5.41) is 13.2. The lowest BCUT2D eigenvalue weighted by atomic mass is 10.2. The summed E-state index contributed by atoms with van der Waals surface area (Å²) in [6, 6.07) is 5.50. The molecular formula is C12H16N4O. The average Bonchev–Trinajstić information content (AvgIpc) is 2.36. The predicted octanol–water partition coefficient (Wildman–Crippen LogP) is 1.39. The van der Waals surface area contributed by atoms with Crippen molar-refractivity contribution in [1.82, 2.24) is 9.97 Å². The highest BCUT2D eigenvalue weighted by molar-refractivity contribution is 5.91. The monoisotopic (exact) mass is 232 g/mol. The maximum atomic E-state index is 9.18. The highest BCUT2D eigenvalue weighted by atomic mass is 16.3. The molecule has 5 nitrogen and oxygen atoms in total. The van der Waals surface area contributed by atoms with Crippen LogP contribution in [0.5, 0.6) is 0 Å². The SMILES string of the molecule is CCC(CO)Nc1ncnc2ccc(N)cc12. The van der Waals surface area contributed by atoms with E-state index in [1.807, 2.05) is 25.1 Å². The van der Waals surface area contributed by atoms with Gasteiger partial charge >= 0.3 is 0 Å². The van der Waals surface area contributed by atoms with Gasteiger partial charge in [-0.05, 0) is 24.6 Å². The van der Waals surface area contributed by atoms with E-state index >= 15 is 0 Å². The third-order valence-corrected chi connectivity index (χ3v) is 2.71. The minimum absolute atomic E-state index is 0.00506.